The van der Waals surface area contributed by atoms with E-state index >= 15 is 0 Å². The van der Waals surface area contributed by atoms with E-state index in [4.69, 9.17) is 15.7 Å². The lowest BCUT2D eigenvalue weighted by atomic mass is 10.2. The van der Waals surface area contributed by atoms with Crippen LogP contribution >= 0.6 is 7.82 Å². The Morgan fingerprint density at radius 2 is 1.93 bits per heavy atom. The molecule has 0 saturated heterocycles. The fraction of sp³-hybridized carbons (Fsp3) is 1.00. The minimum absolute atomic E-state index is 0.144. The van der Waals surface area contributed by atoms with Crippen LogP contribution in [0.25, 0.3) is 0 Å². The second kappa shape index (κ2) is 8.21. The summed E-state index contributed by atoms with van der Waals surface area (Å²) in [5.74, 6) is 0. The lowest BCUT2D eigenvalue weighted by molar-refractivity contribution is -0.0278. The fourth-order valence-electron chi connectivity index (χ4n) is 1.00. The molecule has 0 aromatic rings. The third-order valence-electron chi connectivity index (χ3n) is 1.64. The molecule has 0 amide bonds. The normalized spacial score (nSPS) is 17.3. The smallest absolute Gasteiger partial charge is 0.368 e. The molecule has 92 valence electrons. The summed E-state index contributed by atoms with van der Waals surface area (Å²) in [6.45, 7) is 2.04. The van der Waals surface area contributed by atoms with Crippen molar-refractivity contribution < 1.29 is 23.6 Å². The molecule has 7 heteroatoms. The molecule has 0 heterocycles. The maximum atomic E-state index is 11.0. The molecular weight excluding hydrogens is 221 g/mol. The maximum absolute atomic E-state index is 11.0. The summed E-state index contributed by atoms with van der Waals surface area (Å²) in [4.78, 5) is 9.02. The van der Waals surface area contributed by atoms with E-state index in [-0.39, 0.29) is 6.61 Å². The van der Waals surface area contributed by atoms with Gasteiger partial charge in [-0.2, -0.15) is 0 Å². The van der Waals surface area contributed by atoms with Crippen LogP contribution in [0, 0.1) is 0 Å². The van der Waals surface area contributed by atoms with Crippen LogP contribution in [-0.4, -0.2) is 29.4 Å². The standard InChI is InChI=1S/C8H20NO5P/c1-8(10)14-15(11,12)13-7-5-3-2-4-6-9/h8,10H,2-7,9H2,1H3,(H,11,12). The van der Waals surface area contributed by atoms with Gasteiger partial charge in [0.2, 0.25) is 0 Å². The summed E-state index contributed by atoms with van der Waals surface area (Å²) >= 11 is 0. The maximum Gasteiger partial charge on any atom is 0.474 e. The lowest BCUT2D eigenvalue weighted by Gasteiger charge is -2.13. The van der Waals surface area contributed by atoms with Crippen molar-refractivity contribution >= 4 is 7.82 Å². The molecule has 0 radical (unpaired) electrons. The molecule has 0 saturated carbocycles. The summed E-state index contributed by atoms with van der Waals surface area (Å²) in [6.07, 6.45) is 2.19. The zero-order chi connectivity index (χ0) is 11.7. The number of nitrogens with two attached hydrogens (primary N) is 1. The largest absolute Gasteiger partial charge is 0.474 e. The Balaban J connectivity index is 3.45. The van der Waals surface area contributed by atoms with Gasteiger partial charge in [0, 0.05) is 0 Å². The quantitative estimate of drug-likeness (QED) is 0.316. The van der Waals surface area contributed by atoms with Crippen LogP contribution in [0.2, 0.25) is 0 Å². The zero-order valence-corrected chi connectivity index (χ0v) is 9.86. The highest BCUT2D eigenvalue weighted by Crippen LogP contribution is 2.44. The predicted octanol–water partition coefficient (Wildman–Crippen LogP) is 0.977. The minimum atomic E-state index is -4.08. The van der Waals surface area contributed by atoms with Gasteiger partial charge in [0.1, 0.15) is 0 Å². The average molecular weight is 241 g/mol. The number of phosphoric ester groups is 1. The van der Waals surface area contributed by atoms with Gasteiger partial charge in [0.05, 0.1) is 6.61 Å². The van der Waals surface area contributed by atoms with Crippen LogP contribution in [0.4, 0.5) is 0 Å². The Morgan fingerprint density at radius 1 is 1.33 bits per heavy atom. The highest BCUT2D eigenvalue weighted by molar-refractivity contribution is 7.47. The summed E-state index contributed by atoms with van der Waals surface area (Å²) in [5, 5.41) is 8.71. The molecule has 0 aliphatic rings. The number of aliphatic hydroxyl groups excluding tert-OH is 1. The first-order chi connectivity index (χ1) is 6.98. The van der Waals surface area contributed by atoms with Gasteiger partial charge in [-0.25, -0.2) is 4.57 Å². The molecule has 0 rings (SSSR count). The van der Waals surface area contributed by atoms with Gasteiger partial charge in [-0.15, -0.1) is 0 Å². The molecule has 4 N–H and O–H groups in total. The summed E-state index contributed by atoms with van der Waals surface area (Å²) in [5.41, 5.74) is 5.30. The first-order valence-corrected chi connectivity index (χ1v) is 6.51. The van der Waals surface area contributed by atoms with E-state index in [0.29, 0.717) is 13.0 Å². The Hall–Kier alpha value is 0.0300. The van der Waals surface area contributed by atoms with Crippen LogP contribution < -0.4 is 5.73 Å². The van der Waals surface area contributed by atoms with Crippen LogP contribution in [0.1, 0.15) is 32.6 Å². The van der Waals surface area contributed by atoms with Crippen molar-refractivity contribution in [3.63, 3.8) is 0 Å². The monoisotopic (exact) mass is 241 g/mol. The molecular formula is C8H20NO5P. The summed E-state index contributed by atoms with van der Waals surface area (Å²) in [6, 6.07) is 0. The topological polar surface area (TPSA) is 102 Å². The van der Waals surface area contributed by atoms with Gasteiger partial charge in [0.15, 0.2) is 6.29 Å². The molecule has 15 heavy (non-hydrogen) atoms. The molecule has 0 fully saturated rings. The molecule has 0 bridgehead atoms. The van der Waals surface area contributed by atoms with Gasteiger partial charge in [-0.1, -0.05) is 12.8 Å². The number of phosphoric acid groups is 1. The molecule has 0 aliphatic carbocycles. The Labute approximate surface area is 90.0 Å². The Bertz CT molecular complexity index is 199. The second-order valence-corrected chi connectivity index (χ2v) is 4.62. The van der Waals surface area contributed by atoms with E-state index in [1.54, 1.807) is 0 Å². The van der Waals surface area contributed by atoms with Crippen molar-refractivity contribution in [3.8, 4) is 0 Å². The molecule has 0 aliphatic heterocycles. The average Bonchev–Trinajstić information content (AvgIpc) is 2.08. The Morgan fingerprint density at radius 3 is 2.47 bits per heavy atom. The predicted molar refractivity (Wildman–Crippen MR) is 56.1 cm³/mol. The van der Waals surface area contributed by atoms with E-state index in [2.05, 4.69) is 9.05 Å². The molecule has 2 atom stereocenters. The van der Waals surface area contributed by atoms with Crippen molar-refractivity contribution in [3.05, 3.63) is 0 Å². The van der Waals surface area contributed by atoms with Crippen molar-refractivity contribution in [2.45, 2.75) is 38.9 Å². The molecule has 2 unspecified atom stereocenters. The number of hydrogen-bond acceptors (Lipinski definition) is 5. The number of aliphatic hydroxyl groups is 1. The summed E-state index contributed by atoms with van der Waals surface area (Å²) in [7, 11) is -4.08. The Kier molecular flexibility index (Phi) is 8.23. The third kappa shape index (κ3) is 10.3. The highest BCUT2D eigenvalue weighted by atomic mass is 31.2. The van der Waals surface area contributed by atoms with Gasteiger partial charge in [-0.05, 0) is 26.3 Å². The van der Waals surface area contributed by atoms with Crippen LogP contribution in [-0.2, 0) is 13.6 Å². The second-order valence-electron chi connectivity index (χ2n) is 3.21. The van der Waals surface area contributed by atoms with E-state index in [1.165, 1.54) is 6.92 Å². The number of unbranched alkanes of at least 4 members (excludes halogenated alkanes) is 3. The van der Waals surface area contributed by atoms with Crippen molar-refractivity contribution in [1.29, 1.82) is 0 Å². The van der Waals surface area contributed by atoms with E-state index in [1.807, 2.05) is 0 Å². The van der Waals surface area contributed by atoms with Gasteiger partial charge in [-0.3, -0.25) is 9.05 Å². The third-order valence-corrected chi connectivity index (χ3v) is 2.72. The molecule has 0 aromatic heterocycles. The van der Waals surface area contributed by atoms with Gasteiger partial charge >= 0.3 is 7.82 Å². The lowest BCUT2D eigenvalue weighted by Crippen LogP contribution is -2.06. The zero-order valence-electron chi connectivity index (χ0n) is 8.96. The number of hydrogen-bond donors (Lipinski definition) is 3. The molecule has 0 spiro atoms. The minimum Gasteiger partial charge on any atom is -0.368 e. The van der Waals surface area contributed by atoms with Crippen molar-refractivity contribution in [2.24, 2.45) is 5.73 Å². The summed E-state index contributed by atoms with van der Waals surface area (Å²) < 4.78 is 20.0. The van der Waals surface area contributed by atoms with Gasteiger partial charge < -0.3 is 15.7 Å². The van der Waals surface area contributed by atoms with E-state index in [0.717, 1.165) is 19.3 Å². The van der Waals surface area contributed by atoms with E-state index in [9.17, 15) is 4.57 Å². The fourth-order valence-corrected chi connectivity index (χ4v) is 1.81. The molecule has 0 aromatic carbocycles. The first-order valence-electron chi connectivity index (χ1n) is 5.02. The number of rotatable bonds is 9. The highest BCUT2D eigenvalue weighted by Gasteiger charge is 2.22. The van der Waals surface area contributed by atoms with Crippen LogP contribution in [0.15, 0.2) is 0 Å². The SMILES string of the molecule is CC(O)OP(=O)(O)OCCCCCCN. The van der Waals surface area contributed by atoms with Crippen molar-refractivity contribution in [2.75, 3.05) is 13.2 Å². The van der Waals surface area contributed by atoms with Crippen LogP contribution in [0.5, 0.6) is 0 Å². The first kappa shape index (κ1) is 15.0. The molecule has 6 nitrogen and oxygen atoms in total. The van der Waals surface area contributed by atoms with Crippen LogP contribution in [0.3, 0.4) is 0 Å². The van der Waals surface area contributed by atoms with Gasteiger partial charge in [0.25, 0.3) is 0 Å². The van der Waals surface area contributed by atoms with E-state index < -0.39 is 14.1 Å². The van der Waals surface area contributed by atoms with Crippen molar-refractivity contribution in [1.82, 2.24) is 0 Å².